The Morgan fingerprint density at radius 1 is 0.939 bits per heavy atom. The lowest BCUT2D eigenvalue weighted by molar-refractivity contribution is -0.296. The number of rotatable bonds is 12. The van der Waals surface area contributed by atoms with E-state index in [9.17, 15) is 30.0 Å². The Kier molecular flexibility index (Phi) is 12.2. The van der Waals surface area contributed by atoms with Crippen molar-refractivity contribution >= 4 is 11.8 Å². The molecule has 1 saturated heterocycles. The van der Waals surface area contributed by atoms with E-state index in [1.165, 1.54) is 71.8 Å². The van der Waals surface area contributed by atoms with Crippen LogP contribution in [-0.4, -0.2) is 88.2 Å². The maximum atomic E-state index is 14.0. The molecule has 1 heterocycles. The van der Waals surface area contributed by atoms with Crippen molar-refractivity contribution in [2.24, 2.45) is 52.3 Å². The Labute approximate surface area is 294 Å². The molecule has 5 aliphatic rings. The van der Waals surface area contributed by atoms with Gasteiger partial charge in [0, 0.05) is 26.5 Å². The van der Waals surface area contributed by atoms with E-state index in [-0.39, 0.29) is 17.9 Å². The Bertz CT molecular complexity index is 1150. The maximum absolute atomic E-state index is 14.0. The van der Waals surface area contributed by atoms with Gasteiger partial charge in [0.05, 0.1) is 18.8 Å². The molecule has 10 nitrogen and oxygen atoms in total. The smallest absolute Gasteiger partial charge is 0.280 e. The normalized spacial score (nSPS) is 43.9. The summed E-state index contributed by atoms with van der Waals surface area (Å²) in [6.45, 7) is 12.9. The van der Waals surface area contributed by atoms with E-state index in [4.69, 9.17) is 9.47 Å². The summed E-state index contributed by atoms with van der Waals surface area (Å²) in [5, 5.41) is 47.3. The second-order valence-electron chi connectivity index (χ2n) is 17.9. The van der Waals surface area contributed by atoms with Crippen LogP contribution in [0.3, 0.4) is 0 Å². The lowest BCUT2D eigenvalue weighted by Crippen LogP contribution is -2.69. The van der Waals surface area contributed by atoms with Crippen LogP contribution in [0.5, 0.6) is 0 Å². The van der Waals surface area contributed by atoms with Gasteiger partial charge in [-0.1, -0.05) is 53.9 Å². The molecule has 1 aliphatic heterocycles. The van der Waals surface area contributed by atoms with Crippen LogP contribution in [0.1, 0.15) is 125 Å². The third kappa shape index (κ3) is 7.48. The molecule has 15 atom stereocenters. The number of methoxy groups -OCH3 is 1. The molecule has 0 aromatic carbocycles. The molecule has 0 aromatic heterocycles. The van der Waals surface area contributed by atoms with Gasteiger partial charge in [-0.25, -0.2) is 0 Å². The molecule has 282 valence electrons. The number of aliphatic hydroxyl groups is 4. The minimum absolute atomic E-state index is 0.0780. The quantitative estimate of drug-likeness (QED) is 0.177. The lowest BCUT2D eigenvalue weighted by Gasteiger charge is -2.61. The monoisotopic (exact) mass is 692 g/mol. The highest BCUT2D eigenvalue weighted by atomic mass is 16.7. The first-order valence-electron chi connectivity index (χ1n) is 19.6. The first-order chi connectivity index (χ1) is 23.1. The molecule has 4 aliphatic carbocycles. The fourth-order valence-electron chi connectivity index (χ4n) is 12.1. The molecule has 5 fully saturated rings. The van der Waals surface area contributed by atoms with E-state index in [0.29, 0.717) is 11.3 Å². The fourth-order valence-corrected chi connectivity index (χ4v) is 12.1. The van der Waals surface area contributed by atoms with Crippen molar-refractivity contribution in [1.29, 1.82) is 0 Å². The molecule has 1 unspecified atom stereocenters. The molecule has 10 heteroatoms. The molecule has 0 bridgehead atoms. The van der Waals surface area contributed by atoms with Crippen molar-refractivity contribution in [2.45, 2.75) is 167 Å². The minimum atomic E-state index is -1.94. The highest BCUT2D eigenvalue weighted by Gasteiger charge is 2.61. The van der Waals surface area contributed by atoms with Crippen LogP contribution < -0.4 is 10.6 Å². The summed E-state index contributed by atoms with van der Waals surface area (Å²) in [6, 6.07) is -1.19. The van der Waals surface area contributed by atoms with Crippen LogP contribution in [0, 0.1) is 52.3 Å². The predicted molar refractivity (Wildman–Crippen MR) is 187 cm³/mol. The topological polar surface area (TPSA) is 158 Å². The molecule has 0 spiro atoms. The fraction of sp³-hybridized carbons (Fsp3) is 0.949. The molecule has 4 saturated carbocycles. The summed E-state index contributed by atoms with van der Waals surface area (Å²) in [5.41, 5.74) is 0.716. The van der Waals surface area contributed by atoms with Crippen molar-refractivity contribution in [3.63, 3.8) is 0 Å². The van der Waals surface area contributed by atoms with Crippen LogP contribution >= 0.6 is 0 Å². The van der Waals surface area contributed by atoms with Gasteiger partial charge in [0.25, 0.3) is 11.7 Å². The third-order valence-corrected chi connectivity index (χ3v) is 14.7. The summed E-state index contributed by atoms with van der Waals surface area (Å²) >= 11 is 0. The minimum Gasteiger partial charge on any atom is -0.394 e. The average Bonchev–Trinajstić information content (AvgIpc) is 3.42. The second-order valence-corrected chi connectivity index (χ2v) is 17.9. The number of hydrogen-bond donors (Lipinski definition) is 6. The van der Waals surface area contributed by atoms with Crippen molar-refractivity contribution in [3.8, 4) is 0 Å². The lowest BCUT2D eigenvalue weighted by atomic mass is 9.44. The van der Waals surface area contributed by atoms with E-state index in [1.54, 1.807) is 0 Å². The zero-order valence-corrected chi connectivity index (χ0v) is 31.3. The Hall–Kier alpha value is -1.30. The van der Waals surface area contributed by atoms with Crippen LogP contribution in [0.2, 0.25) is 0 Å². The van der Waals surface area contributed by atoms with E-state index in [0.717, 1.165) is 54.8 Å². The molecule has 49 heavy (non-hydrogen) atoms. The molecule has 5 rings (SSSR count). The first kappa shape index (κ1) is 38.9. The Morgan fingerprint density at radius 2 is 1.63 bits per heavy atom. The van der Waals surface area contributed by atoms with Crippen molar-refractivity contribution < 1.29 is 39.5 Å². The number of hydrogen-bond acceptors (Lipinski definition) is 8. The largest absolute Gasteiger partial charge is 0.394 e. The highest BCUT2D eigenvalue weighted by Crippen LogP contribution is 2.68. The van der Waals surface area contributed by atoms with Gasteiger partial charge >= 0.3 is 0 Å². The summed E-state index contributed by atoms with van der Waals surface area (Å²) in [7, 11) is 1.31. The standard InChI is InChI=1S/C39H68N2O8/c1-22(2)9-8-10-23(3)28-13-14-29-27-12-11-25-19-26(15-17-37(25,5)30(27)16-18-38(28,29)6)41-36(47)39(48-7)20-31(44)33(40-24(4)43)35(49-39)34(46)32(45)21-42/h22-23,25-35,42,44-46H,8-21H2,1-7H3,(H,40,43)(H,41,47)/t23-,25?,26-,27+,28-,29+,30+,31+,32-,33-,34-,35-,37+,38-,39-/m1/s1. The Balaban J connectivity index is 1.24. The average molecular weight is 693 g/mol. The van der Waals surface area contributed by atoms with E-state index < -0.39 is 54.7 Å². The summed E-state index contributed by atoms with van der Waals surface area (Å²) in [6.07, 6.45) is 8.44. The third-order valence-electron chi connectivity index (χ3n) is 14.7. The summed E-state index contributed by atoms with van der Waals surface area (Å²) in [4.78, 5) is 25.9. The zero-order valence-electron chi connectivity index (χ0n) is 31.3. The second kappa shape index (κ2) is 15.4. The van der Waals surface area contributed by atoms with Gasteiger partial charge in [0.1, 0.15) is 18.3 Å². The van der Waals surface area contributed by atoms with Gasteiger partial charge in [-0.2, -0.15) is 0 Å². The van der Waals surface area contributed by atoms with Gasteiger partial charge in [-0.3, -0.25) is 9.59 Å². The number of nitrogens with one attached hydrogen (secondary N) is 2. The number of amides is 2. The molecular weight excluding hydrogens is 624 g/mol. The predicted octanol–water partition coefficient (Wildman–Crippen LogP) is 4.30. The number of ether oxygens (including phenoxy) is 2. The molecule has 0 aromatic rings. The van der Waals surface area contributed by atoms with Crippen LogP contribution in [0.25, 0.3) is 0 Å². The first-order valence-corrected chi connectivity index (χ1v) is 19.6. The highest BCUT2D eigenvalue weighted by molar-refractivity contribution is 5.84. The van der Waals surface area contributed by atoms with E-state index in [2.05, 4.69) is 45.3 Å². The molecule has 2 amide bonds. The van der Waals surface area contributed by atoms with Crippen LogP contribution in [-0.2, 0) is 19.1 Å². The summed E-state index contributed by atoms with van der Waals surface area (Å²) in [5.74, 6) is 2.33. The van der Waals surface area contributed by atoms with Gasteiger partial charge in [-0.05, 0) is 110 Å². The van der Waals surface area contributed by atoms with Crippen molar-refractivity contribution in [2.75, 3.05) is 13.7 Å². The SMILES string of the molecule is CO[C@]1(C(=O)N[C@@H]2CC[C@@]3(C)C(CC[C@H]4[C@@H]5CC[C@H]([C@H](C)CCCC(C)C)[C@@]5(C)CC[C@@H]43)C2)C[C@H](O)[C@@H](NC(C)=O)[C@H]([C@H](O)[C@H](O)CO)O1. The Morgan fingerprint density at radius 3 is 2.29 bits per heavy atom. The number of carbonyl (C=O) groups is 2. The van der Waals surface area contributed by atoms with E-state index in [1.807, 2.05) is 0 Å². The van der Waals surface area contributed by atoms with Crippen LogP contribution in [0.15, 0.2) is 0 Å². The van der Waals surface area contributed by atoms with Gasteiger partial charge < -0.3 is 40.5 Å². The van der Waals surface area contributed by atoms with E-state index >= 15 is 0 Å². The van der Waals surface area contributed by atoms with Crippen molar-refractivity contribution in [1.82, 2.24) is 10.6 Å². The van der Waals surface area contributed by atoms with Gasteiger partial charge in [-0.15, -0.1) is 0 Å². The molecular formula is C39H68N2O8. The molecule has 0 radical (unpaired) electrons. The number of carbonyl (C=O) groups excluding carboxylic acids is 2. The van der Waals surface area contributed by atoms with Gasteiger partial charge in [0.15, 0.2) is 0 Å². The summed E-state index contributed by atoms with van der Waals surface area (Å²) < 4.78 is 11.7. The van der Waals surface area contributed by atoms with Crippen molar-refractivity contribution in [3.05, 3.63) is 0 Å². The number of aliphatic hydroxyl groups excluding tert-OH is 4. The number of fused-ring (bicyclic) bond motifs is 5. The van der Waals surface area contributed by atoms with Gasteiger partial charge in [0.2, 0.25) is 5.91 Å². The van der Waals surface area contributed by atoms with Crippen LogP contribution in [0.4, 0.5) is 0 Å². The zero-order chi connectivity index (χ0) is 35.9. The molecule has 6 N–H and O–H groups in total. The maximum Gasteiger partial charge on any atom is 0.280 e.